The van der Waals surface area contributed by atoms with E-state index in [0.717, 1.165) is 63.4 Å². The largest absolute Gasteiger partial charge is 0.480 e. The van der Waals surface area contributed by atoms with E-state index in [9.17, 15) is 24.3 Å². The summed E-state index contributed by atoms with van der Waals surface area (Å²) >= 11 is 0. The molecule has 0 aliphatic heterocycles. The Labute approximate surface area is 342 Å². The molecule has 0 spiro atoms. The van der Waals surface area contributed by atoms with Crippen LogP contribution in [-0.2, 0) is 20.4 Å². The number of allylic oxidation sites excluding steroid dienone is 11. The number of benzene rings is 2. The topological polar surface area (TPSA) is 113 Å². The van der Waals surface area contributed by atoms with Gasteiger partial charge in [-0.15, -0.1) is 0 Å². The van der Waals surface area contributed by atoms with Gasteiger partial charge in [-0.3, -0.25) is 14.4 Å². The van der Waals surface area contributed by atoms with E-state index >= 15 is 0 Å². The number of carboxylic acid groups (broad SMARTS) is 1. The van der Waals surface area contributed by atoms with E-state index in [4.69, 9.17) is 0 Å². The fourth-order valence-corrected chi connectivity index (χ4v) is 6.79. The Balaban J connectivity index is 1.30. The number of aliphatic carboxylic acids is 1. The SMILES string of the molecule is CCC=CCC=CCC=CCC=CCC=CCCCC(=O)NCCCCC(NC(=O)c1ccc(C=CC(=O)c2ccc3c(c2)C(C)(C)CCC3(C)C)cc1)C(=O)O. The number of unbranched alkanes of at least 4 members (excludes halogenated alkanes) is 2. The van der Waals surface area contributed by atoms with Crippen LogP contribution < -0.4 is 10.6 Å². The van der Waals surface area contributed by atoms with Crippen LogP contribution in [-0.4, -0.2) is 41.3 Å². The molecule has 57 heavy (non-hydrogen) atoms. The van der Waals surface area contributed by atoms with Crippen molar-refractivity contribution in [3.8, 4) is 0 Å². The first kappa shape index (κ1) is 46.3. The van der Waals surface area contributed by atoms with Gasteiger partial charge in [-0.05, 0) is 129 Å². The summed E-state index contributed by atoms with van der Waals surface area (Å²) in [6.07, 6.45) is 35.4. The second-order valence-electron chi connectivity index (χ2n) is 16.2. The van der Waals surface area contributed by atoms with E-state index < -0.39 is 17.9 Å². The van der Waals surface area contributed by atoms with Crippen LogP contribution in [0.5, 0.6) is 0 Å². The molecule has 0 saturated carbocycles. The smallest absolute Gasteiger partial charge is 0.326 e. The summed E-state index contributed by atoms with van der Waals surface area (Å²) in [5.74, 6) is -1.68. The molecule has 1 aliphatic rings. The Morgan fingerprint density at radius 3 is 1.86 bits per heavy atom. The lowest BCUT2D eigenvalue weighted by atomic mass is 9.63. The van der Waals surface area contributed by atoms with Gasteiger partial charge in [-0.25, -0.2) is 4.79 Å². The molecule has 2 amide bonds. The van der Waals surface area contributed by atoms with Crippen LogP contribution in [0.3, 0.4) is 0 Å². The van der Waals surface area contributed by atoms with Crippen LogP contribution in [0.15, 0.2) is 109 Å². The number of rotatable bonds is 24. The van der Waals surface area contributed by atoms with Crippen LogP contribution in [0, 0.1) is 0 Å². The molecule has 306 valence electrons. The number of hydrogen-bond donors (Lipinski definition) is 3. The van der Waals surface area contributed by atoms with Crippen molar-refractivity contribution in [1.82, 2.24) is 10.6 Å². The second-order valence-corrected chi connectivity index (χ2v) is 16.2. The van der Waals surface area contributed by atoms with Crippen molar-refractivity contribution in [2.45, 2.75) is 135 Å². The van der Waals surface area contributed by atoms with Gasteiger partial charge in [0.25, 0.3) is 5.91 Å². The van der Waals surface area contributed by atoms with Crippen molar-refractivity contribution in [3.05, 3.63) is 137 Å². The maximum atomic E-state index is 13.1. The molecule has 3 rings (SSSR count). The van der Waals surface area contributed by atoms with Crippen molar-refractivity contribution in [3.63, 3.8) is 0 Å². The number of fused-ring (bicyclic) bond motifs is 1. The van der Waals surface area contributed by atoms with Crippen molar-refractivity contribution >= 4 is 29.6 Å². The van der Waals surface area contributed by atoms with Gasteiger partial charge in [-0.2, -0.15) is 0 Å². The lowest BCUT2D eigenvalue weighted by Crippen LogP contribution is -2.40. The molecule has 2 aromatic rings. The standard InChI is InChI=1S/C50H66N2O5/c1-6-7-8-9-10-11-12-13-14-15-16-17-18-19-20-21-22-26-46(54)51-37-24-23-25-44(48(56)57)52-47(55)40-30-27-39(28-31-40)29-34-45(53)41-32-33-42-43(38-41)50(4,5)36-35-49(42,2)3/h7-8,10-11,13-14,16-17,19-20,27-34,38,44H,6,9,12,15,18,21-26,35-37H2,1-5H3,(H,51,54)(H,52,55)(H,56,57). The van der Waals surface area contributed by atoms with Crippen LogP contribution in [0.25, 0.3) is 6.08 Å². The molecule has 0 fully saturated rings. The van der Waals surface area contributed by atoms with Gasteiger partial charge < -0.3 is 15.7 Å². The molecule has 1 atom stereocenters. The van der Waals surface area contributed by atoms with Gasteiger partial charge in [0.15, 0.2) is 5.78 Å². The summed E-state index contributed by atoms with van der Waals surface area (Å²) in [4.78, 5) is 50.1. The zero-order chi connectivity index (χ0) is 41.5. The van der Waals surface area contributed by atoms with E-state index in [1.807, 2.05) is 12.1 Å². The molecule has 2 aromatic carbocycles. The summed E-state index contributed by atoms with van der Waals surface area (Å²) < 4.78 is 0. The third-order valence-electron chi connectivity index (χ3n) is 10.5. The minimum Gasteiger partial charge on any atom is -0.480 e. The average Bonchev–Trinajstić information content (AvgIpc) is 3.19. The molecule has 0 radical (unpaired) electrons. The first-order valence-electron chi connectivity index (χ1n) is 20.9. The monoisotopic (exact) mass is 774 g/mol. The number of carbonyl (C=O) groups excluding carboxylic acids is 3. The molecule has 1 aliphatic carbocycles. The van der Waals surface area contributed by atoms with E-state index in [2.05, 4.69) is 112 Å². The molecule has 0 saturated heterocycles. The molecular formula is C50H66N2O5. The Morgan fingerprint density at radius 2 is 1.26 bits per heavy atom. The van der Waals surface area contributed by atoms with Crippen molar-refractivity contribution in [2.75, 3.05) is 6.54 Å². The van der Waals surface area contributed by atoms with Gasteiger partial charge in [0.1, 0.15) is 6.04 Å². The van der Waals surface area contributed by atoms with Gasteiger partial charge in [-0.1, -0.05) is 126 Å². The average molecular weight is 775 g/mol. The number of carbonyl (C=O) groups is 4. The zero-order valence-electron chi connectivity index (χ0n) is 35.0. The maximum Gasteiger partial charge on any atom is 0.326 e. The van der Waals surface area contributed by atoms with Crippen molar-refractivity contribution in [1.29, 1.82) is 0 Å². The highest BCUT2D eigenvalue weighted by Crippen LogP contribution is 2.46. The highest BCUT2D eigenvalue weighted by Gasteiger charge is 2.37. The predicted octanol–water partition coefficient (Wildman–Crippen LogP) is 11.3. The lowest BCUT2D eigenvalue weighted by Gasteiger charge is -2.42. The normalized spacial score (nSPS) is 15.6. The number of hydrogen-bond acceptors (Lipinski definition) is 4. The summed E-state index contributed by atoms with van der Waals surface area (Å²) in [5.41, 5.74) is 4.38. The van der Waals surface area contributed by atoms with E-state index in [1.165, 1.54) is 11.1 Å². The second kappa shape index (κ2) is 24.6. The lowest BCUT2D eigenvalue weighted by molar-refractivity contribution is -0.139. The molecule has 7 heteroatoms. The Hall–Kier alpha value is -5.04. The number of ketones is 1. The first-order chi connectivity index (χ1) is 27.3. The van der Waals surface area contributed by atoms with E-state index in [0.29, 0.717) is 36.9 Å². The minimum absolute atomic E-state index is 0.0112. The molecule has 0 aromatic heterocycles. The summed E-state index contributed by atoms with van der Waals surface area (Å²) in [6, 6.07) is 11.7. The van der Waals surface area contributed by atoms with E-state index in [1.54, 1.807) is 36.4 Å². The molecule has 7 nitrogen and oxygen atoms in total. The quantitative estimate of drug-likeness (QED) is 0.0425. The fourth-order valence-electron chi connectivity index (χ4n) is 6.79. The Bertz CT molecular complexity index is 1790. The first-order valence-corrected chi connectivity index (χ1v) is 20.9. The Kier molecular flexibility index (Phi) is 20.0. The van der Waals surface area contributed by atoms with Gasteiger partial charge in [0.2, 0.25) is 5.91 Å². The van der Waals surface area contributed by atoms with Crippen LogP contribution in [0.1, 0.15) is 155 Å². The highest BCUT2D eigenvalue weighted by atomic mass is 16.4. The Morgan fingerprint density at radius 1 is 0.702 bits per heavy atom. The zero-order valence-corrected chi connectivity index (χ0v) is 35.0. The third kappa shape index (κ3) is 16.9. The van der Waals surface area contributed by atoms with Gasteiger partial charge in [0.05, 0.1) is 0 Å². The maximum absolute atomic E-state index is 13.1. The summed E-state index contributed by atoms with van der Waals surface area (Å²) in [6.45, 7) is 11.6. The minimum atomic E-state index is -1.10. The molecule has 1 unspecified atom stereocenters. The predicted molar refractivity (Wildman–Crippen MR) is 236 cm³/mol. The van der Waals surface area contributed by atoms with Gasteiger partial charge >= 0.3 is 5.97 Å². The van der Waals surface area contributed by atoms with Crippen LogP contribution in [0.2, 0.25) is 0 Å². The molecular weight excluding hydrogens is 709 g/mol. The van der Waals surface area contributed by atoms with Crippen LogP contribution in [0.4, 0.5) is 0 Å². The molecule has 0 heterocycles. The van der Waals surface area contributed by atoms with Crippen LogP contribution >= 0.6 is 0 Å². The van der Waals surface area contributed by atoms with E-state index in [-0.39, 0.29) is 28.9 Å². The van der Waals surface area contributed by atoms with Crippen molar-refractivity contribution < 1.29 is 24.3 Å². The molecule has 0 bridgehead atoms. The summed E-state index contributed by atoms with van der Waals surface area (Å²) in [5, 5.41) is 15.3. The highest BCUT2D eigenvalue weighted by molar-refractivity contribution is 6.07. The fraction of sp³-hybridized carbons (Fsp3) is 0.440. The number of carboxylic acids is 1. The third-order valence-corrected chi connectivity index (χ3v) is 10.5. The number of nitrogens with one attached hydrogen (secondary N) is 2. The molecule has 3 N–H and O–H groups in total. The van der Waals surface area contributed by atoms with Crippen molar-refractivity contribution in [2.24, 2.45) is 0 Å². The number of amides is 2. The van der Waals surface area contributed by atoms with Gasteiger partial charge in [0, 0.05) is 24.1 Å². The summed E-state index contributed by atoms with van der Waals surface area (Å²) in [7, 11) is 0.